The monoisotopic (exact) mass is 301 g/mol. The Balaban J connectivity index is 1.69. The lowest BCUT2D eigenvalue weighted by molar-refractivity contribution is -0.124. The van der Waals surface area contributed by atoms with Crippen molar-refractivity contribution in [3.63, 3.8) is 0 Å². The van der Waals surface area contributed by atoms with Gasteiger partial charge in [0.25, 0.3) is 0 Å². The van der Waals surface area contributed by atoms with Gasteiger partial charge in [0.15, 0.2) is 0 Å². The van der Waals surface area contributed by atoms with Crippen molar-refractivity contribution >= 4 is 5.91 Å². The molecule has 7 nitrogen and oxygen atoms in total. The van der Waals surface area contributed by atoms with Gasteiger partial charge in [0.2, 0.25) is 5.91 Å². The molecule has 2 heterocycles. The number of nitrogens with zero attached hydrogens (tertiary/aromatic N) is 4. The number of carbonyl (C=O) groups is 1. The van der Waals surface area contributed by atoms with Gasteiger partial charge in [-0.25, -0.2) is 4.68 Å². The third-order valence-corrected chi connectivity index (χ3v) is 4.01. The van der Waals surface area contributed by atoms with E-state index in [0.29, 0.717) is 26.2 Å². The highest BCUT2D eigenvalue weighted by molar-refractivity contribution is 5.77. The number of aromatic nitrogens is 4. The van der Waals surface area contributed by atoms with Crippen LogP contribution in [-0.4, -0.2) is 39.3 Å². The molecular weight excluding hydrogens is 282 g/mol. The van der Waals surface area contributed by atoms with E-state index in [1.807, 2.05) is 18.2 Å². The summed E-state index contributed by atoms with van der Waals surface area (Å²) in [6, 6.07) is 10.1. The molecule has 0 spiro atoms. The Bertz CT molecular complexity index is 594. The second kappa shape index (κ2) is 6.65. The van der Waals surface area contributed by atoms with E-state index in [-0.39, 0.29) is 11.4 Å². The van der Waals surface area contributed by atoms with Crippen molar-refractivity contribution in [2.75, 3.05) is 13.2 Å². The molecule has 1 N–H and O–H groups in total. The van der Waals surface area contributed by atoms with E-state index in [1.165, 1.54) is 6.33 Å². The Morgan fingerprint density at radius 2 is 2.05 bits per heavy atom. The molecule has 1 aromatic heterocycles. The number of nitrogens with one attached hydrogen (secondary N) is 1. The molecule has 116 valence electrons. The number of hydrogen-bond acceptors (Lipinski definition) is 5. The fourth-order valence-electron chi connectivity index (χ4n) is 2.79. The quantitative estimate of drug-likeness (QED) is 0.886. The number of amides is 1. The highest BCUT2D eigenvalue weighted by atomic mass is 16.5. The van der Waals surface area contributed by atoms with E-state index in [1.54, 1.807) is 4.68 Å². The number of hydrogen-bond donors (Lipinski definition) is 1. The molecule has 1 amide bonds. The maximum Gasteiger partial charge on any atom is 0.222 e. The molecule has 0 radical (unpaired) electrons. The highest BCUT2D eigenvalue weighted by Gasteiger charge is 2.35. The minimum Gasteiger partial charge on any atom is -0.381 e. The van der Waals surface area contributed by atoms with Gasteiger partial charge in [-0.1, -0.05) is 30.3 Å². The third-order valence-electron chi connectivity index (χ3n) is 4.01. The molecular formula is C15H19N5O2. The molecule has 0 bridgehead atoms. The fourth-order valence-corrected chi connectivity index (χ4v) is 2.79. The highest BCUT2D eigenvalue weighted by Crippen LogP contribution is 2.32. The Kier molecular flexibility index (Phi) is 4.43. The molecule has 7 heteroatoms. The average Bonchev–Trinajstić information content (AvgIpc) is 3.08. The number of carbonyl (C=O) groups excluding carboxylic acids is 1. The summed E-state index contributed by atoms with van der Waals surface area (Å²) in [6.45, 7) is 1.78. The first-order valence-corrected chi connectivity index (χ1v) is 7.44. The second-order valence-electron chi connectivity index (χ2n) is 5.43. The summed E-state index contributed by atoms with van der Waals surface area (Å²) >= 11 is 0. The Morgan fingerprint density at radius 3 is 2.73 bits per heavy atom. The van der Waals surface area contributed by atoms with Gasteiger partial charge >= 0.3 is 0 Å². The summed E-state index contributed by atoms with van der Waals surface area (Å²) in [6.07, 6.45) is 3.43. The predicted molar refractivity (Wildman–Crippen MR) is 78.7 cm³/mol. The van der Waals surface area contributed by atoms with Crippen LogP contribution >= 0.6 is 0 Å². The van der Waals surface area contributed by atoms with Gasteiger partial charge in [-0.15, -0.1) is 5.10 Å². The Labute approximate surface area is 128 Å². The SMILES string of the molecule is O=C(CCn1cnnn1)NC1(c2ccccc2)CCOCC1. The molecule has 1 saturated heterocycles. The summed E-state index contributed by atoms with van der Waals surface area (Å²) in [5, 5.41) is 14.1. The van der Waals surface area contributed by atoms with Crippen molar-refractivity contribution in [1.29, 1.82) is 0 Å². The van der Waals surface area contributed by atoms with Crippen molar-refractivity contribution < 1.29 is 9.53 Å². The van der Waals surface area contributed by atoms with Crippen molar-refractivity contribution in [1.82, 2.24) is 25.5 Å². The second-order valence-corrected chi connectivity index (χ2v) is 5.43. The van der Waals surface area contributed by atoms with Gasteiger partial charge in [0.05, 0.1) is 12.1 Å². The standard InChI is InChI=1S/C15H19N5O2/c21-14(6-9-20-12-16-18-19-20)17-15(7-10-22-11-8-15)13-4-2-1-3-5-13/h1-5,12H,6-11H2,(H,17,21). The molecule has 1 aromatic carbocycles. The molecule has 1 fully saturated rings. The lowest BCUT2D eigenvalue weighted by atomic mass is 9.82. The van der Waals surface area contributed by atoms with Gasteiger partial charge in [-0.05, 0) is 28.8 Å². The zero-order valence-corrected chi connectivity index (χ0v) is 12.3. The van der Waals surface area contributed by atoms with Crippen LogP contribution < -0.4 is 5.32 Å². The van der Waals surface area contributed by atoms with Crippen LogP contribution in [-0.2, 0) is 21.6 Å². The third kappa shape index (κ3) is 3.30. The lowest BCUT2D eigenvalue weighted by Gasteiger charge is -2.38. The van der Waals surface area contributed by atoms with Crippen molar-refractivity contribution in [3.05, 3.63) is 42.2 Å². The Hall–Kier alpha value is -2.28. The topological polar surface area (TPSA) is 81.9 Å². The summed E-state index contributed by atoms with van der Waals surface area (Å²) in [5.41, 5.74) is 0.797. The van der Waals surface area contributed by atoms with Crippen molar-refractivity contribution in [3.8, 4) is 0 Å². The van der Waals surface area contributed by atoms with Crippen molar-refractivity contribution in [2.24, 2.45) is 0 Å². The van der Waals surface area contributed by atoms with Crippen LogP contribution in [0.2, 0.25) is 0 Å². The number of aryl methyl sites for hydroxylation is 1. The summed E-state index contributed by atoms with van der Waals surface area (Å²) in [5.74, 6) is 0.00116. The van der Waals surface area contributed by atoms with Gasteiger partial charge in [-0.3, -0.25) is 4.79 Å². The van der Waals surface area contributed by atoms with Crippen molar-refractivity contribution in [2.45, 2.75) is 31.3 Å². The van der Waals surface area contributed by atoms with E-state index >= 15 is 0 Å². The van der Waals surface area contributed by atoms with Crippen LogP contribution in [0.3, 0.4) is 0 Å². The number of benzene rings is 1. The normalized spacial score (nSPS) is 17.1. The van der Waals surface area contributed by atoms with Crippen LogP contribution in [0.4, 0.5) is 0 Å². The molecule has 3 rings (SSSR count). The summed E-state index contributed by atoms with van der Waals surface area (Å²) in [4.78, 5) is 12.4. The first kappa shape index (κ1) is 14.6. The van der Waals surface area contributed by atoms with Crippen LogP contribution in [0.15, 0.2) is 36.7 Å². The lowest BCUT2D eigenvalue weighted by Crippen LogP contribution is -2.49. The van der Waals surface area contributed by atoms with E-state index < -0.39 is 0 Å². The minimum absolute atomic E-state index is 0.00116. The first-order valence-electron chi connectivity index (χ1n) is 7.44. The fraction of sp³-hybridized carbons (Fsp3) is 0.467. The van der Waals surface area contributed by atoms with E-state index in [0.717, 1.165) is 18.4 Å². The maximum absolute atomic E-state index is 12.4. The average molecular weight is 301 g/mol. The molecule has 0 saturated carbocycles. The van der Waals surface area contributed by atoms with Crippen LogP contribution in [0, 0.1) is 0 Å². The molecule has 1 aliphatic heterocycles. The molecule has 0 aliphatic carbocycles. The number of tetrazole rings is 1. The summed E-state index contributed by atoms with van der Waals surface area (Å²) in [7, 11) is 0. The maximum atomic E-state index is 12.4. The van der Waals surface area contributed by atoms with E-state index in [9.17, 15) is 4.79 Å². The molecule has 0 atom stereocenters. The predicted octanol–water partition coefficient (Wildman–Crippen LogP) is 0.885. The van der Waals surface area contributed by atoms with Crippen LogP contribution in [0.25, 0.3) is 0 Å². The van der Waals surface area contributed by atoms with Crippen LogP contribution in [0.1, 0.15) is 24.8 Å². The molecule has 1 aliphatic rings. The summed E-state index contributed by atoms with van der Waals surface area (Å²) < 4.78 is 7.02. The number of rotatable bonds is 5. The minimum atomic E-state index is -0.336. The van der Waals surface area contributed by atoms with Crippen LogP contribution in [0.5, 0.6) is 0 Å². The number of ether oxygens (including phenoxy) is 1. The molecule has 0 unspecified atom stereocenters. The van der Waals surface area contributed by atoms with Gasteiger partial charge < -0.3 is 10.1 Å². The van der Waals surface area contributed by atoms with E-state index in [4.69, 9.17) is 4.74 Å². The zero-order chi connectivity index (χ0) is 15.3. The smallest absolute Gasteiger partial charge is 0.222 e. The molecule has 2 aromatic rings. The first-order chi connectivity index (χ1) is 10.8. The van der Waals surface area contributed by atoms with E-state index in [2.05, 4.69) is 33.0 Å². The molecule has 22 heavy (non-hydrogen) atoms. The largest absolute Gasteiger partial charge is 0.381 e. The van der Waals surface area contributed by atoms with Gasteiger partial charge in [-0.2, -0.15) is 0 Å². The van der Waals surface area contributed by atoms with Gasteiger partial charge in [0, 0.05) is 19.6 Å². The zero-order valence-electron chi connectivity index (χ0n) is 12.3. The van der Waals surface area contributed by atoms with Gasteiger partial charge in [0.1, 0.15) is 6.33 Å². The Morgan fingerprint density at radius 1 is 1.27 bits per heavy atom.